The summed E-state index contributed by atoms with van der Waals surface area (Å²) in [6.07, 6.45) is 3.69. The maximum atomic E-state index is 5.90. The van der Waals surface area contributed by atoms with Crippen LogP contribution >= 0.6 is 24.2 Å². The van der Waals surface area contributed by atoms with E-state index in [1.165, 1.54) is 5.56 Å². The minimum Gasteiger partial charge on any atom is -0.307 e. The molecule has 78 valence electrons. The molecule has 2 rings (SSSR count). The van der Waals surface area contributed by atoms with Crippen molar-refractivity contribution in [3.05, 3.63) is 30.1 Å². The molecule has 0 spiro atoms. The van der Waals surface area contributed by atoms with Crippen molar-refractivity contribution in [2.24, 2.45) is 5.73 Å². The molecule has 3 nitrogen and oxygen atoms in total. The van der Waals surface area contributed by atoms with Gasteiger partial charge >= 0.3 is 0 Å². The number of aromatic nitrogens is 1. The van der Waals surface area contributed by atoms with Crippen molar-refractivity contribution in [1.82, 2.24) is 9.88 Å². The van der Waals surface area contributed by atoms with E-state index in [0.717, 1.165) is 18.8 Å². The number of rotatable bonds is 2. The van der Waals surface area contributed by atoms with Gasteiger partial charge in [-0.15, -0.1) is 24.2 Å². The van der Waals surface area contributed by atoms with Crippen LogP contribution in [0, 0.1) is 0 Å². The van der Waals surface area contributed by atoms with E-state index in [9.17, 15) is 0 Å². The molecular weight excluding hydrogens is 218 g/mol. The molecule has 5 heteroatoms. The standard InChI is InChI=1S/C9H13N3S.ClH/c10-9-12(4-5-13-9)7-8-2-1-3-11-6-8;/h1-3,6,9H,4-5,7,10H2;1H. The Bertz CT molecular complexity index is 270. The molecule has 1 aliphatic rings. The SMILES string of the molecule is Cl.NC1SCCN1Cc1cccnc1. The highest BCUT2D eigenvalue weighted by Crippen LogP contribution is 2.20. The molecule has 1 atom stereocenters. The monoisotopic (exact) mass is 231 g/mol. The predicted molar refractivity (Wildman–Crippen MR) is 62.3 cm³/mol. The zero-order valence-electron chi connectivity index (χ0n) is 7.80. The third-order valence-electron chi connectivity index (χ3n) is 2.14. The summed E-state index contributed by atoms with van der Waals surface area (Å²) in [7, 11) is 0. The summed E-state index contributed by atoms with van der Waals surface area (Å²) in [4.78, 5) is 6.34. The van der Waals surface area contributed by atoms with Gasteiger partial charge in [-0.25, -0.2) is 0 Å². The lowest BCUT2D eigenvalue weighted by Gasteiger charge is -2.19. The van der Waals surface area contributed by atoms with Crippen LogP contribution in [-0.4, -0.2) is 27.7 Å². The Hall–Kier alpha value is -0.290. The van der Waals surface area contributed by atoms with E-state index in [4.69, 9.17) is 5.73 Å². The van der Waals surface area contributed by atoms with E-state index >= 15 is 0 Å². The average Bonchev–Trinajstić information content (AvgIpc) is 2.54. The molecule has 14 heavy (non-hydrogen) atoms. The van der Waals surface area contributed by atoms with Crippen molar-refractivity contribution < 1.29 is 0 Å². The van der Waals surface area contributed by atoms with Gasteiger partial charge in [-0.2, -0.15) is 0 Å². The molecule has 1 aromatic heterocycles. The summed E-state index contributed by atoms with van der Waals surface area (Å²) < 4.78 is 0. The van der Waals surface area contributed by atoms with Crippen LogP contribution < -0.4 is 5.73 Å². The van der Waals surface area contributed by atoms with Gasteiger partial charge in [-0.3, -0.25) is 9.88 Å². The smallest absolute Gasteiger partial charge is 0.106 e. The van der Waals surface area contributed by atoms with E-state index in [2.05, 4.69) is 16.0 Å². The molecule has 1 aliphatic heterocycles. The predicted octanol–water partition coefficient (Wildman–Crippen LogP) is 1.29. The van der Waals surface area contributed by atoms with Gasteiger partial charge in [0.25, 0.3) is 0 Å². The fourth-order valence-electron chi connectivity index (χ4n) is 1.42. The first kappa shape index (κ1) is 11.8. The summed E-state index contributed by atoms with van der Waals surface area (Å²) in [5, 5.41) is 0. The molecule has 0 radical (unpaired) electrons. The van der Waals surface area contributed by atoms with Crippen LogP contribution in [0.2, 0.25) is 0 Å². The van der Waals surface area contributed by atoms with Crippen molar-refractivity contribution in [3.8, 4) is 0 Å². The molecule has 1 saturated heterocycles. The van der Waals surface area contributed by atoms with Crippen molar-refractivity contribution in [2.45, 2.75) is 12.0 Å². The lowest BCUT2D eigenvalue weighted by Crippen LogP contribution is -2.34. The minimum atomic E-state index is 0. The summed E-state index contributed by atoms with van der Waals surface area (Å²) >= 11 is 1.81. The number of pyridine rings is 1. The Morgan fingerprint density at radius 1 is 1.64 bits per heavy atom. The molecule has 1 unspecified atom stereocenters. The Morgan fingerprint density at radius 3 is 3.07 bits per heavy atom. The minimum absolute atomic E-state index is 0. The fraction of sp³-hybridized carbons (Fsp3) is 0.444. The van der Waals surface area contributed by atoms with Gasteiger partial charge in [0.1, 0.15) is 5.50 Å². The molecule has 0 aliphatic carbocycles. The zero-order chi connectivity index (χ0) is 9.10. The Morgan fingerprint density at radius 2 is 2.50 bits per heavy atom. The second kappa shape index (κ2) is 5.56. The number of hydrogen-bond donors (Lipinski definition) is 1. The van der Waals surface area contributed by atoms with Gasteiger partial charge in [-0.1, -0.05) is 6.07 Å². The molecule has 0 amide bonds. The van der Waals surface area contributed by atoms with Crippen LogP contribution in [0.25, 0.3) is 0 Å². The summed E-state index contributed by atoms with van der Waals surface area (Å²) in [5.74, 6) is 1.14. The van der Waals surface area contributed by atoms with Crippen molar-refractivity contribution in [3.63, 3.8) is 0 Å². The molecule has 0 aromatic carbocycles. The number of nitrogens with zero attached hydrogens (tertiary/aromatic N) is 2. The van der Waals surface area contributed by atoms with Gasteiger partial charge in [0.2, 0.25) is 0 Å². The van der Waals surface area contributed by atoms with E-state index in [-0.39, 0.29) is 17.9 Å². The maximum Gasteiger partial charge on any atom is 0.106 e. The quantitative estimate of drug-likeness (QED) is 0.833. The Labute approximate surface area is 94.5 Å². The highest BCUT2D eigenvalue weighted by atomic mass is 35.5. The Balaban J connectivity index is 0.000000980. The molecular formula is C9H14ClN3S. The van der Waals surface area contributed by atoms with E-state index in [1.807, 2.05) is 24.0 Å². The molecule has 2 N–H and O–H groups in total. The highest BCUT2D eigenvalue weighted by Gasteiger charge is 2.20. The molecule has 1 aromatic rings. The van der Waals surface area contributed by atoms with Crippen LogP contribution in [0.15, 0.2) is 24.5 Å². The first-order chi connectivity index (χ1) is 6.36. The Kier molecular flexibility index (Phi) is 4.68. The highest BCUT2D eigenvalue weighted by molar-refractivity contribution is 8.00. The number of hydrogen-bond acceptors (Lipinski definition) is 4. The zero-order valence-corrected chi connectivity index (χ0v) is 9.43. The van der Waals surface area contributed by atoms with Gasteiger partial charge in [0.15, 0.2) is 0 Å². The van der Waals surface area contributed by atoms with E-state index in [1.54, 1.807) is 6.20 Å². The van der Waals surface area contributed by atoms with Crippen molar-refractivity contribution >= 4 is 24.2 Å². The fourth-order valence-corrected chi connectivity index (χ4v) is 2.39. The largest absolute Gasteiger partial charge is 0.307 e. The topological polar surface area (TPSA) is 42.1 Å². The maximum absolute atomic E-state index is 5.90. The number of nitrogens with two attached hydrogens (primary N) is 1. The lowest BCUT2D eigenvalue weighted by molar-refractivity contribution is 0.283. The molecule has 2 heterocycles. The lowest BCUT2D eigenvalue weighted by atomic mass is 10.3. The van der Waals surface area contributed by atoms with Crippen LogP contribution in [0.4, 0.5) is 0 Å². The van der Waals surface area contributed by atoms with Crippen LogP contribution in [0.3, 0.4) is 0 Å². The van der Waals surface area contributed by atoms with Crippen LogP contribution in [-0.2, 0) is 6.54 Å². The van der Waals surface area contributed by atoms with E-state index < -0.39 is 0 Å². The van der Waals surface area contributed by atoms with E-state index in [0.29, 0.717) is 0 Å². The van der Waals surface area contributed by atoms with Gasteiger partial charge in [0.05, 0.1) is 0 Å². The van der Waals surface area contributed by atoms with Crippen molar-refractivity contribution in [1.29, 1.82) is 0 Å². The third-order valence-corrected chi connectivity index (χ3v) is 3.19. The van der Waals surface area contributed by atoms with Gasteiger partial charge in [-0.05, 0) is 11.6 Å². The van der Waals surface area contributed by atoms with Gasteiger partial charge in [0, 0.05) is 31.2 Å². The first-order valence-corrected chi connectivity index (χ1v) is 5.41. The van der Waals surface area contributed by atoms with Crippen LogP contribution in [0.5, 0.6) is 0 Å². The second-order valence-corrected chi connectivity index (χ2v) is 4.32. The van der Waals surface area contributed by atoms with Crippen molar-refractivity contribution in [2.75, 3.05) is 12.3 Å². The first-order valence-electron chi connectivity index (χ1n) is 4.36. The molecule has 0 bridgehead atoms. The van der Waals surface area contributed by atoms with Crippen LogP contribution in [0.1, 0.15) is 5.56 Å². The summed E-state index contributed by atoms with van der Waals surface area (Å²) in [6, 6.07) is 4.05. The third kappa shape index (κ3) is 2.85. The summed E-state index contributed by atoms with van der Waals surface area (Å²) in [5.41, 5.74) is 7.30. The number of thioether (sulfide) groups is 1. The second-order valence-electron chi connectivity index (χ2n) is 3.09. The van der Waals surface area contributed by atoms with Gasteiger partial charge < -0.3 is 5.73 Å². The summed E-state index contributed by atoms with van der Waals surface area (Å²) in [6.45, 7) is 2.00. The molecule has 1 fully saturated rings. The normalized spacial score (nSPS) is 21.9. The average molecular weight is 232 g/mol. The number of halogens is 1. The molecule has 0 saturated carbocycles.